The van der Waals surface area contributed by atoms with Gasteiger partial charge in [0.25, 0.3) is 0 Å². The smallest absolute Gasteiger partial charge is 0.184 e. The number of halogens is 3. The van der Waals surface area contributed by atoms with Gasteiger partial charge < -0.3 is 4.57 Å². The number of imidazole rings is 1. The van der Waals surface area contributed by atoms with Crippen molar-refractivity contribution in [2.24, 2.45) is 5.41 Å². The molecule has 1 aromatic carbocycles. The van der Waals surface area contributed by atoms with Gasteiger partial charge in [-0.3, -0.25) is 0 Å². The molecule has 1 aliphatic carbocycles. The van der Waals surface area contributed by atoms with Gasteiger partial charge in [-0.15, -0.1) is 11.6 Å². The summed E-state index contributed by atoms with van der Waals surface area (Å²) in [6.45, 7) is 6.00. The maximum atomic E-state index is 14.1. The molecule has 0 spiro atoms. The highest BCUT2D eigenvalue weighted by molar-refractivity contribution is 6.20. The van der Waals surface area contributed by atoms with Gasteiger partial charge in [0.1, 0.15) is 11.3 Å². The lowest BCUT2D eigenvalue weighted by Crippen LogP contribution is -2.07. The Kier molecular flexibility index (Phi) is 2.65. The van der Waals surface area contributed by atoms with Crippen LogP contribution in [-0.4, -0.2) is 9.55 Å². The molecule has 2 aromatic rings. The number of benzene rings is 1. The highest BCUT2D eigenvalue weighted by atomic mass is 35.5. The van der Waals surface area contributed by atoms with Crippen LogP contribution in [0.4, 0.5) is 8.78 Å². The molecule has 1 heterocycles. The van der Waals surface area contributed by atoms with E-state index >= 15 is 0 Å². The number of hydrogen-bond donors (Lipinski definition) is 0. The topological polar surface area (TPSA) is 17.8 Å². The van der Waals surface area contributed by atoms with Crippen molar-refractivity contribution in [1.82, 2.24) is 9.55 Å². The first-order chi connectivity index (χ1) is 8.83. The van der Waals surface area contributed by atoms with Crippen molar-refractivity contribution in [3.8, 4) is 0 Å². The third kappa shape index (κ3) is 1.84. The van der Waals surface area contributed by atoms with Crippen molar-refractivity contribution in [2.45, 2.75) is 38.6 Å². The molecule has 0 N–H and O–H groups in total. The van der Waals surface area contributed by atoms with Crippen molar-refractivity contribution in [3.05, 3.63) is 29.6 Å². The second kappa shape index (κ2) is 3.92. The third-order valence-corrected chi connectivity index (χ3v) is 4.09. The summed E-state index contributed by atoms with van der Waals surface area (Å²) in [7, 11) is 0. The van der Waals surface area contributed by atoms with Crippen LogP contribution in [0.2, 0.25) is 0 Å². The van der Waals surface area contributed by atoms with Gasteiger partial charge in [-0.05, 0) is 30.9 Å². The lowest BCUT2D eigenvalue weighted by atomic mass is 10.2. The van der Waals surface area contributed by atoms with Crippen LogP contribution in [0.1, 0.15) is 44.4 Å². The summed E-state index contributed by atoms with van der Waals surface area (Å²) in [6.07, 6.45) is 0.922. The highest BCUT2D eigenvalue weighted by Gasteiger charge is 2.49. The molecule has 3 rings (SSSR count). The standard InChI is InChI=1S/C14H15ClF2N2/c1-7(15)13-18-9-5-4-8(16)11(17)12(9)19(13)10-6-14(10,2)3/h4-5,7,10H,6H2,1-3H3. The molecule has 102 valence electrons. The van der Waals surface area contributed by atoms with Crippen molar-refractivity contribution in [3.63, 3.8) is 0 Å². The van der Waals surface area contributed by atoms with E-state index in [1.54, 1.807) is 11.5 Å². The molecular weight excluding hydrogens is 270 g/mol. The maximum Gasteiger partial charge on any atom is 0.184 e. The van der Waals surface area contributed by atoms with Gasteiger partial charge in [-0.1, -0.05) is 13.8 Å². The lowest BCUT2D eigenvalue weighted by Gasteiger charge is -2.12. The van der Waals surface area contributed by atoms with Crippen molar-refractivity contribution in [1.29, 1.82) is 0 Å². The molecule has 1 saturated carbocycles. The van der Waals surface area contributed by atoms with E-state index in [4.69, 9.17) is 11.6 Å². The van der Waals surface area contributed by atoms with Gasteiger partial charge in [0.2, 0.25) is 0 Å². The third-order valence-electron chi connectivity index (χ3n) is 3.90. The zero-order chi connectivity index (χ0) is 13.9. The van der Waals surface area contributed by atoms with Crippen LogP contribution in [-0.2, 0) is 0 Å². The van der Waals surface area contributed by atoms with Crippen LogP contribution < -0.4 is 0 Å². The first-order valence-corrected chi connectivity index (χ1v) is 6.76. The van der Waals surface area contributed by atoms with Gasteiger partial charge >= 0.3 is 0 Å². The van der Waals surface area contributed by atoms with Crippen LogP contribution in [0.5, 0.6) is 0 Å². The minimum atomic E-state index is -0.846. The molecular formula is C14H15ClF2N2. The fourth-order valence-electron chi connectivity index (χ4n) is 2.62. The van der Waals surface area contributed by atoms with Crippen molar-refractivity contribution < 1.29 is 8.78 Å². The van der Waals surface area contributed by atoms with Crippen molar-refractivity contribution in [2.75, 3.05) is 0 Å². The van der Waals surface area contributed by atoms with Gasteiger partial charge in [0.15, 0.2) is 11.6 Å². The number of hydrogen-bond acceptors (Lipinski definition) is 1. The molecule has 2 nitrogen and oxygen atoms in total. The molecule has 0 radical (unpaired) electrons. The van der Waals surface area contributed by atoms with E-state index in [-0.39, 0.29) is 22.4 Å². The Bertz CT molecular complexity index is 661. The molecule has 5 heteroatoms. The Labute approximate surface area is 115 Å². The summed E-state index contributed by atoms with van der Waals surface area (Å²) < 4.78 is 29.3. The Morgan fingerprint density at radius 1 is 1.42 bits per heavy atom. The largest absolute Gasteiger partial charge is 0.321 e. The zero-order valence-corrected chi connectivity index (χ0v) is 11.8. The molecule has 0 bridgehead atoms. The lowest BCUT2D eigenvalue weighted by molar-refractivity contribution is 0.499. The molecule has 2 unspecified atom stereocenters. The molecule has 0 saturated heterocycles. The second-order valence-electron chi connectivity index (χ2n) is 5.89. The van der Waals surface area contributed by atoms with E-state index < -0.39 is 11.6 Å². The van der Waals surface area contributed by atoms with Crippen LogP contribution in [0.15, 0.2) is 12.1 Å². The Hall–Kier alpha value is -1.16. The maximum absolute atomic E-state index is 14.1. The Balaban J connectivity index is 2.32. The van der Waals surface area contributed by atoms with Gasteiger partial charge in [0, 0.05) is 6.04 Å². The average Bonchev–Trinajstić information content (AvgIpc) is 2.80. The normalized spacial score (nSPS) is 22.7. The fraction of sp³-hybridized carbons (Fsp3) is 0.500. The molecule has 1 aromatic heterocycles. The van der Waals surface area contributed by atoms with E-state index in [9.17, 15) is 8.78 Å². The number of fused-ring (bicyclic) bond motifs is 1. The highest BCUT2D eigenvalue weighted by Crippen LogP contribution is 2.57. The summed E-state index contributed by atoms with van der Waals surface area (Å²) in [5, 5.41) is -0.341. The number of nitrogens with zero attached hydrogens (tertiary/aromatic N) is 2. The molecule has 19 heavy (non-hydrogen) atoms. The predicted molar refractivity (Wildman–Crippen MR) is 71.4 cm³/mol. The first-order valence-electron chi connectivity index (χ1n) is 6.33. The van der Waals surface area contributed by atoms with Crippen LogP contribution >= 0.6 is 11.6 Å². The summed E-state index contributed by atoms with van der Waals surface area (Å²) in [6, 6.07) is 2.74. The molecule has 0 aliphatic heterocycles. The number of alkyl halides is 1. The number of rotatable bonds is 2. The summed E-state index contributed by atoms with van der Waals surface area (Å²) in [5.74, 6) is -1.08. The fourth-order valence-corrected chi connectivity index (χ4v) is 2.77. The van der Waals surface area contributed by atoms with E-state index in [1.807, 2.05) is 0 Å². The minimum Gasteiger partial charge on any atom is -0.321 e. The van der Waals surface area contributed by atoms with E-state index in [1.165, 1.54) is 6.07 Å². The molecule has 1 fully saturated rings. The predicted octanol–water partition coefficient (Wildman–Crippen LogP) is 4.59. The van der Waals surface area contributed by atoms with Gasteiger partial charge in [0.05, 0.1) is 10.9 Å². The Morgan fingerprint density at radius 3 is 2.58 bits per heavy atom. The quantitative estimate of drug-likeness (QED) is 0.738. The summed E-state index contributed by atoms with van der Waals surface area (Å²) >= 11 is 6.14. The minimum absolute atomic E-state index is 0.0763. The first kappa shape index (κ1) is 12.9. The van der Waals surface area contributed by atoms with E-state index in [2.05, 4.69) is 18.8 Å². The van der Waals surface area contributed by atoms with Crippen molar-refractivity contribution >= 4 is 22.6 Å². The Morgan fingerprint density at radius 2 is 2.05 bits per heavy atom. The summed E-state index contributed by atoms with van der Waals surface area (Å²) in [5.41, 5.74) is 0.773. The molecule has 0 amide bonds. The van der Waals surface area contributed by atoms with Crippen LogP contribution in [0.25, 0.3) is 11.0 Å². The van der Waals surface area contributed by atoms with Crippen LogP contribution in [0.3, 0.4) is 0 Å². The monoisotopic (exact) mass is 284 g/mol. The number of aromatic nitrogens is 2. The molecule has 1 aliphatic rings. The van der Waals surface area contributed by atoms with Crippen LogP contribution in [0, 0.1) is 17.0 Å². The SMILES string of the molecule is CC(Cl)c1nc2ccc(F)c(F)c2n1C1CC1(C)C. The van der Waals surface area contributed by atoms with E-state index in [0.29, 0.717) is 11.3 Å². The molecule has 2 atom stereocenters. The average molecular weight is 285 g/mol. The van der Waals surface area contributed by atoms with Gasteiger partial charge in [-0.2, -0.15) is 0 Å². The van der Waals surface area contributed by atoms with E-state index in [0.717, 1.165) is 12.5 Å². The zero-order valence-electron chi connectivity index (χ0n) is 11.0. The van der Waals surface area contributed by atoms with Gasteiger partial charge in [-0.25, -0.2) is 13.8 Å². The second-order valence-corrected chi connectivity index (χ2v) is 6.55. The summed E-state index contributed by atoms with van der Waals surface area (Å²) in [4.78, 5) is 4.37.